The van der Waals surface area contributed by atoms with Crippen LogP contribution in [0.2, 0.25) is 0 Å². The molecule has 0 aliphatic carbocycles. The van der Waals surface area contributed by atoms with Crippen molar-refractivity contribution in [2.45, 2.75) is 32.4 Å². The van der Waals surface area contributed by atoms with Crippen molar-refractivity contribution < 1.29 is 9.53 Å². The van der Waals surface area contributed by atoms with E-state index in [2.05, 4.69) is 45.3 Å². The van der Waals surface area contributed by atoms with Crippen molar-refractivity contribution >= 4 is 27.7 Å². The number of halogens is 1. The molecule has 25 heavy (non-hydrogen) atoms. The maximum Gasteiger partial charge on any atom is 0.407 e. The number of benzene rings is 2. The zero-order valence-corrected chi connectivity index (χ0v) is 16.2. The first kappa shape index (κ1) is 17.8. The van der Waals surface area contributed by atoms with Gasteiger partial charge < -0.3 is 15.0 Å². The molecule has 1 amide bonds. The minimum Gasteiger partial charge on any atom is -0.445 e. The van der Waals surface area contributed by atoms with E-state index in [0.717, 1.165) is 29.4 Å². The molecule has 2 aromatic carbocycles. The Morgan fingerprint density at radius 3 is 2.80 bits per heavy atom. The second-order valence-electron chi connectivity index (χ2n) is 6.57. The van der Waals surface area contributed by atoms with Gasteiger partial charge in [0.1, 0.15) is 6.61 Å². The number of carbonyl (C=O) groups is 1. The molecule has 1 atom stereocenters. The normalized spacial score (nSPS) is 14.1. The molecule has 1 aliphatic heterocycles. The Hall–Kier alpha value is -2.01. The summed E-state index contributed by atoms with van der Waals surface area (Å²) in [5, 5.41) is 2.91. The third kappa shape index (κ3) is 4.54. The van der Waals surface area contributed by atoms with Crippen molar-refractivity contribution in [3.63, 3.8) is 0 Å². The summed E-state index contributed by atoms with van der Waals surface area (Å²) in [6.45, 7) is 3.34. The Balaban J connectivity index is 1.53. The Morgan fingerprint density at radius 2 is 2.04 bits per heavy atom. The van der Waals surface area contributed by atoms with Gasteiger partial charge in [0.05, 0.1) is 5.69 Å². The van der Waals surface area contributed by atoms with E-state index in [-0.39, 0.29) is 18.7 Å². The standard InChI is InChI=1S/C20H23BrN2O2/c1-14(22-20(24)25-13-15-6-4-3-5-7-15)10-16-11-17-8-9-23(2)19(17)18(21)12-16/h3-7,11-12,14H,8-10,13H2,1-2H3,(H,22,24). The van der Waals surface area contributed by atoms with Crippen molar-refractivity contribution in [3.05, 3.63) is 63.6 Å². The summed E-state index contributed by atoms with van der Waals surface area (Å²) in [7, 11) is 2.11. The minimum atomic E-state index is -0.378. The van der Waals surface area contributed by atoms with Gasteiger partial charge in [-0.05, 0) is 58.5 Å². The van der Waals surface area contributed by atoms with Crippen molar-refractivity contribution in [1.82, 2.24) is 5.32 Å². The van der Waals surface area contributed by atoms with E-state index in [1.54, 1.807) is 0 Å². The highest BCUT2D eigenvalue weighted by Crippen LogP contribution is 2.35. The second kappa shape index (κ2) is 7.91. The number of ether oxygens (including phenoxy) is 1. The first-order chi connectivity index (χ1) is 12.0. The van der Waals surface area contributed by atoms with Crippen LogP contribution < -0.4 is 10.2 Å². The monoisotopic (exact) mass is 402 g/mol. The first-order valence-corrected chi connectivity index (χ1v) is 9.32. The molecule has 0 saturated heterocycles. The number of carbonyl (C=O) groups excluding carboxylic acids is 1. The van der Waals surface area contributed by atoms with Crippen LogP contribution in [0, 0.1) is 0 Å². The van der Waals surface area contributed by atoms with Gasteiger partial charge in [-0.3, -0.25) is 0 Å². The lowest BCUT2D eigenvalue weighted by Gasteiger charge is -2.17. The predicted molar refractivity (Wildman–Crippen MR) is 104 cm³/mol. The van der Waals surface area contributed by atoms with Crippen molar-refractivity contribution in [2.24, 2.45) is 0 Å². The van der Waals surface area contributed by atoms with Gasteiger partial charge in [0.2, 0.25) is 0 Å². The highest BCUT2D eigenvalue weighted by molar-refractivity contribution is 9.10. The molecule has 0 spiro atoms. The molecule has 4 nitrogen and oxygen atoms in total. The molecule has 1 N–H and O–H groups in total. The molecule has 3 rings (SSSR count). The summed E-state index contributed by atoms with van der Waals surface area (Å²) >= 11 is 3.68. The summed E-state index contributed by atoms with van der Waals surface area (Å²) in [4.78, 5) is 14.2. The summed E-state index contributed by atoms with van der Waals surface area (Å²) < 4.78 is 6.41. The van der Waals surface area contributed by atoms with Crippen LogP contribution in [-0.2, 0) is 24.2 Å². The topological polar surface area (TPSA) is 41.6 Å². The lowest BCUT2D eigenvalue weighted by atomic mass is 10.0. The highest BCUT2D eigenvalue weighted by atomic mass is 79.9. The highest BCUT2D eigenvalue weighted by Gasteiger charge is 2.20. The van der Waals surface area contributed by atoms with E-state index < -0.39 is 0 Å². The van der Waals surface area contributed by atoms with Crippen LogP contribution in [0.1, 0.15) is 23.6 Å². The van der Waals surface area contributed by atoms with E-state index in [0.29, 0.717) is 0 Å². The number of nitrogens with zero attached hydrogens (tertiary/aromatic N) is 1. The zero-order chi connectivity index (χ0) is 17.8. The number of fused-ring (bicyclic) bond motifs is 1. The molecule has 1 aliphatic rings. The predicted octanol–water partition coefficient (Wildman–Crippen LogP) is 4.30. The number of hydrogen-bond acceptors (Lipinski definition) is 3. The number of nitrogens with one attached hydrogen (secondary N) is 1. The van der Waals surface area contributed by atoms with Crippen LogP contribution >= 0.6 is 15.9 Å². The molecule has 0 fully saturated rings. The quantitative estimate of drug-likeness (QED) is 0.810. The third-order valence-corrected chi connectivity index (χ3v) is 5.02. The maximum atomic E-state index is 12.0. The van der Waals surface area contributed by atoms with Crippen molar-refractivity contribution in [3.8, 4) is 0 Å². The average molecular weight is 403 g/mol. The Labute approximate surface area is 157 Å². The largest absolute Gasteiger partial charge is 0.445 e. The van der Waals surface area contributed by atoms with E-state index in [1.807, 2.05) is 37.3 Å². The Kier molecular flexibility index (Phi) is 5.63. The van der Waals surface area contributed by atoms with E-state index in [9.17, 15) is 4.79 Å². The van der Waals surface area contributed by atoms with Crippen LogP contribution in [0.5, 0.6) is 0 Å². The van der Waals surface area contributed by atoms with Crippen LogP contribution in [0.4, 0.5) is 10.5 Å². The van der Waals surface area contributed by atoms with Crippen LogP contribution in [0.25, 0.3) is 0 Å². The molecule has 1 unspecified atom stereocenters. The lowest BCUT2D eigenvalue weighted by Crippen LogP contribution is -2.34. The van der Waals surface area contributed by atoms with Gasteiger partial charge in [-0.1, -0.05) is 36.4 Å². The molecule has 2 aromatic rings. The smallest absolute Gasteiger partial charge is 0.407 e. The molecule has 0 bridgehead atoms. The maximum absolute atomic E-state index is 12.0. The van der Waals surface area contributed by atoms with Gasteiger partial charge in [0.15, 0.2) is 0 Å². The minimum absolute atomic E-state index is 0.00681. The van der Waals surface area contributed by atoms with Crippen LogP contribution in [0.3, 0.4) is 0 Å². The van der Waals surface area contributed by atoms with Crippen LogP contribution in [-0.4, -0.2) is 25.7 Å². The number of likely N-dealkylation sites (N-methyl/N-ethyl adjacent to an activating group) is 1. The fourth-order valence-corrected chi connectivity index (χ4v) is 4.08. The first-order valence-electron chi connectivity index (χ1n) is 8.52. The second-order valence-corrected chi connectivity index (χ2v) is 7.42. The molecule has 1 heterocycles. The molecular formula is C20H23BrN2O2. The molecule has 132 valence electrons. The fourth-order valence-electron chi connectivity index (χ4n) is 3.22. The fraction of sp³-hybridized carbons (Fsp3) is 0.350. The number of alkyl carbamates (subject to hydrolysis) is 1. The van der Waals surface area contributed by atoms with E-state index in [1.165, 1.54) is 16.8 Å². The Bertz CT molecular complexity index is 749. The van der Waals surface area contributed by atoms with Crippen molar-refractivity contribution in [1.29, 1.82) is 0 Å². The summed E-state index contributed by atoms with van der Waals surface area (Å²) in [6, 6.07) is 14.1. The SMILES string of the molecule is CC(Cc1cc(Br)c2c(c1)CCN2C)NC(=O)OCc1ccccc1. The zero-order valence-electron chi connectivity index (χ0n) is 14.6. The summed E-state index contributed by atoms with van der Waals surface area (Å²) in [5.41, 5.74) is 4.85. The number of anilines is 1. The van der Waals surface area contributed by atoms with Gasteiger partial charge in [0.25, 0.3) is 0 Å². The number of hydrogen-bond donors (Lipinski definition) is 1. The Morgan fingerprint density at radius 1 is 1.28 bits per heavy atom. The van der Waals surface area contributed by atoms with E-state index in [4.69, 9.17) is 4.74 Å². The van der Waals surface area contributed by atoms with Gasteiger partial charge >= 0.3 is 6.09 Å². The summed E-state index contributed by atoms with van der Waals surface area (Å²) in [6.07, 6.45) is 1.46. The van der Waals surface area contributed by atoms with Gasteiger partial charge in [-0.15, -0.1) is 0 Å². The van der Waals surface area contributed by atoms with Gasteiger partial charge in [-0.2, -0.15) is 0 Å². The third-order valence-electron chi connectivity index (χ3n) is 4.42. The number of amides is 1. The molecule has 0 aromatic heterocycles. The van der Waals surface area contributed by atoms with E-state index >= 15 is 0 Å². The molecule has 0 radical (unpaired) electrons. The van der Waals surface area contributed by atoms with Crippen LogP contribution in [0.15, 0.2) is 46.9 Å². The van der Waals surface area contributed by atoms with Gasteiger partial charge in [-0.25, -0.2) is 4.79 Å². The number of rotatable bonds is 5. The molecular weight excluding hydrogens is 380 g/mol. The average Bonchev–Trinajstić information content (AvgIpc) is 2.95. The lowest BCUT2D eigenvalue weighted by molar-refractivity contribution is 0.136. The molecule has 5 heteroatoms. The van der Waals surface area contributed by atoms with Crippen molar-refractivity contribution in [2.75, 3.05) is 18.5 Å². The molecule has 0 saturated carbocycles. The van der Waals surface area contributed by atoms with Gasteiger partial charge in [0, 0.05) is 24.1 Å². The summed E-state index contributed by atoms with van der Waals surface area (Å²) in [5.74, 6) is 0.